The van der Waals surface area contributed by atoms with E-state index in [0.717, 1.165) is 0 Å². The summed E-state index contributed by atoms with van der Waals surface area (Å²) in [4.78, 5) is 11.9. The first-order valence-electron chi connectivity index (χ1n) is 5.92. The van der Waals surface area contributed by atoms with Crippen LogP contribution in [0.4, 0.5) is 5.69 Å². The Bertz CT molecular complexity index is 695. The molecular weight excluding hydrogens is 276 g/mol. The molecule has 2 aromatic rings. The molecule has 0 aromatic heterocycles. The zero-order valence-electron chi connectivity index (χ0n) is 10.6. The fourth-order valence-corrected chi connectivity index (χ4v) is 2.19. The Morgan fingerprint density at radius 2 is 1.60 bits per heavy atom. The minimum Gasteiger partial charge on any atom is -0.378 e. The second-order valence-corrected chi connectivity index (χ2v) is 5.77. The SMILES string of the molecule is NS(=O)(=O)c1ccc(NCC(=O)c2ccccc2)cc1. The van der Waals surface area contributed by atoms with Crippen LogP contribution in [0.15, 0.2) is 59.5 Å². The second-order valence-electron chi connectivity index (χ2n) is 4.21. The number of sulfonamides is 1. The van der Waals surface area contributed by atoms with E-state index in [1.54, 1.807) is 36.4 Å². The molecule has 20 heavy (non-hydrogen) atoms. The summed E-state index contributed by atoms with van der Waals surface area (Å²) in [5, 5.41) is 7.94. The lowest BCUT2D eigenvalue weighted by atomic mass is 10.1. The first-order valence-corrected chi connectivity index (χ1v) is 7.46. The van der Waals surface area contributed by atoms with Crippen LogP contribution < -0.4 is 10.5 Å². The standard InChI is InChI=1S/C14H14N2O3S/c15-20(18,19)13-8-6-12(7-9-13)16-10-14(17)11-4-2-1-3-5-11/h1-9,16H,10H2,(H2,15,18,19). The maximum atomic E-state index is 11.9. The molecule has 3 N–H and O–H groups in total. The zero-order chi connectivity index (χ0) is 14.6. The first kappa shape index (κ1) is 14.2. The van der Waals surface area contributed by atoms with Crippen molar-refractivity contribution in [3.63, 3.8) is 0 Å². The lowest BCUT2D eigenvalue weighted by Crippen LogP contribution is -2.14. The van der Waals surface area contributed by atoms with Crippen molar-refractivity contribution in [3.8, 4) is 0 Å². The maximum absolute atomic E-state index is 11.9. The summed E-state index contributed by atoms with van der Waals surface area (Å²) in [5.74, 6) is -0.0406. The van der Waals surface area contributed by atoms with Crippen LogP contribution in [0.25, 0.3) is 0 Å². The van der Waals surface area contributed by atoms with Crippen LogP contribution in [-0.4, -0.2) is 20.7 Å². The highest BCUT2D eigenvalue weighted by Gasteiger charge is 2.08. The topological polar surface area (TPSA) is 89.3 Å². The molecule has 6 heteroatoms. The average Bonchev–Trinajstić information content (AvgIpc) is 2.45. The highest BCUT2D eigenvalue weighted by atomic mass is 32.2. The molecule has 0 bridgehead atoms. The van der Waals surface area contributed by atoms with E-state index in [9.17, 15) is 13.2 Å². The van der Waals surface area contributed by atoms with Gasteiger partial charge in [0.05, 0.1) is 11.4 Å². The van der Waals surface area contributed by atoms with Crippen molar-refractivity contribution in [3.05, 3.63) is 60.2 Å². The number of anilines is 1. The molecule has 0 aliphatic carbocycles. The fraction of sp³-hybridized carbons (Fsp3) is 0.0714. The van der Waals surface area contributed by atoms with Gasteiger partial charge in [0.15, 0.2) is 5.78 Å². The van der Waals surface area contributed by atoms with E-state index in [1.165, 1.54) is 12.1 Å². The van der Waals surface area contributed by atoms with Gasteiger partial charge in [-0.15, -0.1) is 0 Å². The molecule has 104 valence electrons. The van der Waals surface area contributed by atoms with E-state index in [-0.39, 0.29) is 17.2 Å². The van der Waals surface area contributed by atoms with Crippen molar-refractivity contribution in [2.24, 2.45) is 5.14 Å². The highest BCUT2D eigenvalue weighted by molar-refractivity contribution is 7.89. The van der Waals surface area contributed by atoms with Crippen molar-refractivity contribution in [2.75, 3.05) is 11.9 Å². The predicted octanol–water partition coefficient (Wildman–Crippen LogP) is 1.63. The normalized spacial score (nSPS) is 11.1. The molecular formula is C14H14N2O3S. The first-order chi connectivity index (χ1) is 9.47. The molecule has 0 unspecified atom stereocenters. The van der Waals surface area contributed by atoms with E-state index in [2.05, 4.69) is 5.32 Å². The van der Waals surface area contributed by atoms with Crippen molar-refractivity contribution in [1.82, 2.24) is 0 Å². The summed E-state index contributed by atoms with van der Waals surface area (Å²) < 4.78 is 22.2. The summed E-state index contributed by atoms with van der Waals surface area (Å²) in [7, 11) is -3.69. The Hall–Kier alpha value is -2.18. The minimum absolute atomic E-state index is 0.0393. The fourth-order valence-electron chi connectivity index (χ4n) is 1.67. The number of Topliss-reactive ketones (excluding diaryl/α,β-unsaturated/α-hetero) is 1. The molecule has 0 heterocycles. The summed E-state index contributed by atoms with van der Waals surface area (Å²) in [5.41, 5.74) is 1.28. The zero-order valence-corrected chi connectivity index (χ0v) is 11.4. The Balaban J connectivity index is 2.00. The van der Waals surface area contributed by atoms with Gasteiger partial charge in [-0.25, -0.2) is 13.6 Å². The number of benzene rings is 2. The second kappa shape index (κ2) is 5.85. The van der Waals surface area contributed by atoms with Crippen LogP contribution in [0.1, 0.15) is 10.4 Å². The van der Waals surface area contributed by atoms with Gasteiger partial charge >= 0.3 is 0 Å². The van der Waals surface area contributed by atoms with E-state index in [1.807, 2.05) is 6.07 Å². The van der Waals surface area contributed by atoms with Gasteiger partial charge in [-0.3, -0.25) is 4.79 Å². The molecule has 5 nitrogen and oxygen atoms in total. The Kier molecular flexibility index (Phi) is 4.16. The molecule has 0 fully saturated rings. The van der Waals surface area contributed by atoms with E-state index in [4.69, 9.17) is 5.14 Å². The van der Waals surface area contributed by atoms with Crippen LogP contribution in [0.3, 0.4) is 0 Å². The van der Waals surface area contributed by atoms with E-state index >= 15 is 0 Å². The number of carbonyl (C=O) groups is 1. The average molecular weight is 290 g/mol. The van der Waals surface area contributed by atoms with Crippen molar-refractivity contribution in [2.45, 2.75) is 4.90 Å². The van der Waals surface area contributed by atoms with Crippen molar-refractivity contribution < 1.29 is 13.2 Å². The van der Waals surface area contributed by atoms with Gasteiger partial charge in [-0.05, 0) is 24.3 Å². The predicted molar refractivity (Wildman–Crippen MR) is 77.1 cm³/mol. The molecule has 2 rings (SSSR count). The number of carbonyl (C=O) groups excluding carboxylic acids is 1. The van der Waals surface area contributed by atoms with E-state index < -0.39 is 10.0 Å². The Morgan fingerprint density at radius 1 is 1.00 bits per heavy atom. The van der Waals surface area contributed by atoms with Gasteiger partial charge in [-0.2, -0.15) is 0 Å². The number of ketones is 1. The number of nitrogens with one attached hydrogen (secondary N) is 1. The van der Waals surface area contributed by atoms with Crippen LogP contribution in [-0.2, 0) is 10.0 Å². The number of nitrogens with two attached hydrogens (primary N) is 1. The third-order valence-electron chi connectivity index (χ3n) is 2.73. The van der Waals surface area contributed by atoms with Crippen LogP contribution >= 0.6 is 0 Å². The monoisotopic (exact) mass is 290 g/mol. The van der Waals surface area contributed by atoms with Gasteiger partial charge in [-0.1, -0.05) is 30.3 Å². The molecule has 0 radical (unpaired) electrons. The van der Waals surface area contributed by atoms with Gasteiger partial charge in [0, 0.05) is 11.3 Å². The van der Waals surface area contributed by atoms with Crippen LogP contribution in [0, 0.1) is 0 Å². The van der Waals surface area contributed by atoms with Crippen molar-refractivity contribution >= 4 is 21.5 Å². The highest BCUT2D eigenvalue weighted by Crippen LogP contribution is 2.12. The molecule has 0 saturated heterocycles. The number of hydrogen-bond donors (Lipinski definition) is 2. The van der Waals surface area contributed by atoms with Gasteiger partial charge in [0.2, 0.25) is 10.0 Å². The number of primary sulfonamides is 1. The molecule has 0 saturated carbocycles. The molecule has 0 atom stereocenters. The summed E-state index contributed by atoms with van der Waals surface area (Å²) >= 11 is 0. The molecule has 0 aliphatic heterocycles. The molecule has 0 amide bonds. The number of hydrogen-bond acceptors (Lipinski definition) is 4. The van der Waals surface area contributed by atoms with Gasteiger partial charge < -0.3 is 5.32 Å². The summed E-state index contributed by atoms with van der Waals surface area (Å²) in [6.07, 6.45) is 0. The number of rotatable bonds is 5. The molecule has 0 aliphatic rings. The molecule has 0 spiro atoms. The van der Waals surface area contributed by atoms with Gasteiger partial charge in [0.25, 0.3) is 0 Å². The third-order valence-corrected chi connectivity index (χ3v) is 3.66. The lowest BCUT2D eigenvalue weighted by Gasteiger charge is -2.06. The maximum Gasteiger partial charge on any atom is 0.238 e. The van der Waals surface area contributed by atoms with E-state index in [0.29, 0.717) is 11.3 Å². The lowest BCUT2D eigenvalue weighted by molar-refractivity contribution is 0.101. The Labute approximate surface area is 117 Å². The third kappa shape index (κ3) is 3.66. The smallest absolute Gasteiger partial charge is 0.238 e. The molecule has 2 aromatic carbocycles. The largest absolute Gasteiger partial charge is 0.378 e. The Morgan fingerprint density at radius 3 is 2.15 bits per heavy atom. The van der Waals surface area contributed by atoms with Gasteiger partial charge in [0.1, 0.15) is 0 Å². The van der Waals surface area contributed by atoms with Crippen LogP contribution in [0.2, 0.25) is 0 Å². The summed E-state index contributed by atoms with van der Waals surface area (Å²) in [6.45, 7) is 0.138. The minimum atomic E-state index is -3.69. The van der Waals surface area contributed by atoms with Crippen molar-refractivity contribution in [1.29, 1.82) is 0 Å². The summed E-state index contributed by atoms with van der Waals surface area (Å²) in [6, 6.07) is 14.9. The van der Waals surface area contributed by atoms with Crippen LogP contribution in [0.5, 0.6) is 0 Å². The quantitative estimate of drug-likeness (QED) is 0.819.